The van der Waals surface area contributed by atoms with Crippen molar-refractivity contribution in [2.24, 2.45) is 4.99 Å². The second kappa shape index (κ2) is 13.3. The first-order valence-electron chi connectivity index (χ1n) is 13.8. The fourth-order valence-electron chi connectivity index (χ4n) is 5.06. The third-order valence-electron chi connectivity index (χ3n) is 7.26. The van der Waals surface area contributed by atoms with Gasteiger partial charge in [-0.15, -0.1) is 0 Å². The lowest BCUT2D eigenvalue weighted by atomic mass is 10.0. The molecule has 2 heterocycles. The molecular formula is C31H38ClN3O3. The lowest BCUT2D eigenvalue weighted by molar-refractivity contribution is 0.0279. The van der Waals surface area contributed by atoms with Gasteiger partial charge in [-0.2, -0.15) is 0 Å². The van der Waals surface area contributed by atoms with Crippen molar-refractivity contribution < 1.29 is 14.2 Å². The molecule has 38 heavy (non-hydrogen) atoms. The second-order valence-corrected chi connectivity index (χ2v) is 10.4. The van der Waals surface area contributed by atoms with Crippen LogP contribution in [0.5, 0.6) is 5.75 Å². The molecule has 2 aromatic rings. The van der Waals surface area contributed by atoms with Gasteiger partial charge in [-0.3, -0.25) is 9.89 Å². The number of benzene rings is 2. The van der Waals surface area contributed by atoms with Crippen LogP contribution in [-0.2, 0) is 15.9 Å². The Morgan fingerprint density at radius 3 is 2.53 bits per heavy atom. The highest BCUT2D eigenvalue weighted by Crippen LogP contribution is 2.29. The predicted molar refractivity (Wildman–Crippen MR) is 153 cm³/mol. The molecule has 1 saturated heterocycles. The van der Waals surface area contributed by atoms with Crippen molar-refractivity contribution in [2.45, 2.75) is 38.3 Å². The van der Waals surface area contributed by atoms with Crippen molar-refractivity contribution in [3.63, 3.8) is 0 Å². The lowest BCUT2D eigenvalue weighted by Gasteiger charge is -2.30. The molecule has 0 spiro atoms. The van der Waals surface area contributed by atoms with Crippen LogP contribution in [0.4, 0.5) is 0 Å². The smallest absolute Gasteiger partial charge is 0.132 e. The molecule has 0 N–H and O–H groups in total. The highest BCUT2D eigenvalue weighted by atomic mass is 35.5. The maximum Gasteiger partial charge on any atom is 0.132 e. The number of unbranched alkanes of at least 4 members (excludes halogenated alkanes) is 1. The van der Waals surface area contributed by atoms with Gasteiger partial charge in [0.2, 0.25) is 0 Å². The average molecular weight is 536 g/mol. The van der Waals surface area contributed by atoms with Gasteiger partial charge in [0.05, 0.1) is 31.9 Å². The van der Waals surface area contributed by atoms with E-state index in [0.29, 0.717) is 13.2 Å². The van der Waals surface area contributed by atoms with E-state index in [0.717, 1.165) is 86.6 Å². The summed E-state index contributed by atoms with van der Waals surface area (Å²) in [7, 11) is 0. The van der Waals surface area contributed by atoms with Crippen LogP contribution in [0.3, 0.4) is 0 Å². The summed E-state index contributed by atoms with van der Waals surface area (Å²) in [6, 6.07) is 16.6. The van der Waals surface area contributed by atoms with Crippen molar-refractivity contribution in [1.82, 2.24) is 9.80 Å². The van der Waals surface area contributed by atoms with Gasteiger partial charge in [-0.05, 0) is 60.5 Å². The molecule has 5 rings (SSSR count). The third kappa shape index (κ3) is 6.99. The van der Waals surface area contributed by atoms with E-state index in [1.165, 1.54) is 5.56 Å². The number of halogens is 1. The molecule has 0 saturated carbocycles. The van der Waals surface area contributed by atoms with E-state index in [4.69, 9.17) is 30.8 Å². The molecule has 1 aliphatic carbocycles. The number of fused-ring (bicyclic) bond motifs is 1. The molecule has 202 valence electrons. The number of rotatable bonds is 12. The average Bonchev–Trinajstić information content (AvgIpc) is 3.31. The van der Waals surface area contributed by atoms with E-state index in [9.17, 15) is 0 Å². The Balaban J connectivity index is 1.19. The Morgan fingerprint density at radius 1 is 0.974 bits per heavy atom. The zero-order valence-electron chi connectivity index (χ0n) is 22.2. The van der Waals surface area contributed by atoms with E-state index >= 15 is 0 Å². The molecule has 0 bridgehead atoms. The largest absolute Gasteiger partial charge is 0.493 e. The van der Waals surface area contributed by atoms with Crippen LogP contribution in [0.2, 0.25) is 5.02 Å². The standard InChI is InChI=1S/C31H38ClN3O3/c1-2-3-15-35-30-23-28(38-22-18-34-16-20-36-21-17-34)12-13-29(30)33-31(35)25-6-10-27(11-7-25)37-19-14-24-4-8-26(32)9-5-24/h4-13,23,29-30H,2-3,14-22H2,1H3. The van der Waals surface area contributed by atoms with Crippen LogP contribution in [0.25, 0.3) is 0 Å². The van der Waals surface area contributed by atoms with Gasteiger partial charge >= 0.3 is 0 Å². The summed E-state index contributed by atoms with van der Waals surface area (Å²) in [5.74, 6) is 2.87. The molecule has 2 unspecified atom stereocenters. The summed E-state index contributed by atoms with van der Waals surface area (Å²) in [5.41, 5.74) is 2.34. The molecule has 0 amide bonds. The molecule has 7 heteroatoms. The maximum absolute atomic E-state index is 6.17. The van der Waals surface area contributed by atoms with E-state index in [1.807, 2.05) is 36.4 Å². The molecule has 3 aliphatic rings. The van der Waals surface area contributed by atoms with Gasteiger partial charge in [0.1, 0.15) is 24.0 Å². The Hall–Kier alpha value is -2.80. The van der Waals surface area contributed by atoms with Gasteiger partial charge in [0.25, 0.3) is 0 Å². The zero-order valence-corrected chi connectivity index (χ0v) is 23.0. The van der Waals surface area contributed by atoms with Crippen molar-refractivity contribution in [3.8, 4) is 5.75 Å². The van der Waals surface area contributed by atoms with E-state index < -0.39 is 0 Å². The summed E-state index contributed by atoms with van der Waals surface area (Å²) >= 11 is 5.98. The number of nitrogens with zero attached hydrogens (tertiary/aromatic N) is 3. The van der Waals surface area contributed by atoms with Gasteiger partial charge < -0.3 is 19.1 Å². The SMILES string of the molecule is CCCCN1C(c2ccc(OCCc3ccc(Cl)cc3)cc2)=NC2C=CC(OCCN3CCOCC3)=CC21. The highest BCUT2D eigenvalue weighted by Gasteiger charge is 2.35. The lowest BCUT2D eigenvalue weighted by Crippen LogP contribution is -2.40. The Labute approximate surface area is 231 Å². The highest BCUT2D eigenvalue weighted by molar-refractivity contribution is 6.30. The summed E-state index contributed by atoms with van der Waals surface area (Å²) in [6.07, 6.45) is 9.64. The molecule has 2 atom stereocenters. The zero-order chi connectivity index (χ0) is 26.2. The quantitative estimate of drug-likeness (QED) is 0.366. The number of aliphatic imine (C=N–C) groups is 1. The summed E-state index contributed by atoms with van der Waals surface area (Å²) in [5, 5.41) is 0.756. The number of ether oxygens (including phenoxy) is 3. The molecule has 6 nitrogen and oxygen atoms in total. The molecule has 0 aromatic heterocycles. The fraction of sp³-hybridized carbons (Fsp3) is 0.452. The van der Waals surface area contributed by atoms with E-state index in [1.54, 1.807) is 0 Å². The van der Waals surface area contributed by atoms with Crippen molar-refractivity contribution >= 4 is 17.4 Å². The van der Waals surface area contributed by atoms with Crippen LogP contribution in [-0.4, -0.2) is 80.3 Å². The minimum Gasteiger partial charge on any atom is -0.493 e. The first-order valence-corrected chi connectivity index (χ1v) is 14.2. The van der Waals surface area contributed by atoms with Crippen LogP contribution in [0.1, 0.15) is 30.9 Å². The Bertz CT molecular complexity index is 1120. The van der Waals surface area contributed by atoms with Crippen molar-refractivity contribution in [1.29, 1.82) is 0 Å². The Kier molecular flexibility index (Phi) is 9.39. The molecule has 2 aliphatic heterocycles. The van der Waals surface area contributed by atoms with Gasteiger partial charge in [0.15, 0.2) is 0 Å². The molecular weight excluding hydrogens is 498 g/mol. The molecule has 0 radical (unpaired) electrons. The van der Waals surface area contributed by atoms with Gasteiger partial charge in [-0.1, -0.05) is 43.2 Å². The van der Waals surface area contributed by atoms with E-state index in [2.05, 4.69) is 47.1 Å². The molecule has 2 aromatic carbocycles. The minimum atomic E-state index is 0.115. The maximum atomic E-state index is 6.17. The van der Waals surface area contributed by atoms with Gasteiger partial charge in [0, 0.05) is 43.2 Å². The summed E-state index contributed by atoms with van der Waals surface area (Å²) in [4.78, 5) is 9.96. The third-order valence-corrected chi connectivity index (χ3v) is 7.52. The van der Waals surface area contributed by atoms with Crippen LogP contribution in [0, 0.1) is 0 Å². The van der Waals surface area contributed by atoms with Crippen LogP contribution < -0.4 is 4.74 Å². The molecule has 1 fully saturated rings. The summed E-state index contributed by atoms with van der Waals surface area (Å²) < 4.78 is 17.6. The van der Waals surface area contributed by atoms with Gasteiger partial charge in [-0.25, -0.2) is 0 Å². The minimum absolute atomic E-state index is 0.115. The van der Waals surface area contributed by atoms with Crippen LogP contribution in [0.15, 0.2) is 77.5 Å². The number of hydrogen-bond acceptors (Lipinski definition) is 6. The topological polar surface area (TPSA) is 46.5 Å². The van der Waals surface area contributed by atoms with E-state index in [-0.39, 0.29) is 12.1 Å². The van der Waals surface area contributed by atoms with Crippen molar-refractivity contribution in [2.75, 3.05) is 52.6 Å². The van der Waals surface area contributed by atoms with Crippen LogP contribution >= 0.6 is 11.6 Å². The predicted octanol–water partition coefficient (Wildman–Crippen LogP) is 5.36. The number of allylic oxidation sites excluding steroid dienone is 1. The summed E-state index contributed by atoms with van der Waals surface area (Å²) in [6.45, 7) is 9.05. The Morgan fingerprint density at radius 2 is 1.76 bits per heavy atom. The number of morpholine rings is 1. The normalized spacial score (nSPS) is 21.2. The first-order chi connectivity index (χ1) is 18.7. The monoisotopic (exact) mass is 535 g/mol. The number of hydrogen-bond donors (Lipinski definition) is 0. The fourth-order valence-corrected chi connectivity index (χ4v) is 5.18. The second-order valence-electron chi connectivity index (χ2n) is 9.96. The first kappa shape index (κ1) is 26.8. The van der Waals surface area contributed by atoms with Crippen molar-refractivity contribution in [3.05, 3.63) is 88.7 Å². The number of amidine groups is 1.